The SMILES string of the molecule is CNCc1ccc(S(=O)(=O)NCc2ncc(C)s2)s1. The second-order valence-electron chi connectivity index (χ2n) is 3.94. The van der Waals surface area contributed by atoms with E-state index in [1.165, 1.54) is 22.7 Å². The van der Waals surface area contributed by atoms with Crippen molar-refractivity contribution in [1.82, 2.24) is 15.0 Å². The first-order valence-corrected chi connectivity index (χ1v) is 8.77. The van der Waals surface area contributed by atoms with E-state index in [9.17, 15) is 8.42 Å². The lowest BCUT2D eigenvalue weighted by Crippen LogP contribution is -2.22. The molecule has 0 aliphatic carbocycles. The lowest BCUT2D eigenvalue weighted by atomic mass is 10.5. The minimum atomic E-state index is -3.44. The predicted octanol–water partition coefficient (Wildman–Crippen LogP) is 1.71. The molecular formula is C11H15N3O2S3. The minimum Gasteiger partial charge on any atom is -0.315 e. The van der Waals surface area contributed by atoms with E-state index in [1.807, 2.05) is 20.0 Å². The van der Waals surface area contributed by atoms with Gasteiger partial charge in [0.2, 0.25) is 10.0 Å². The Balaban J connectivity index is 2.04. The molecule has 0 aromatic carbocycles. The fourth-order valence-electron chi connectivity index (χ4n) is 1.48. The van der Waals surface area contributed by atoms with Gasteiger partial charge in [-0.25, -0.2) is 18.1 Å². The zero-order valence-corrected chi connectivity index (χ0v) is 13.1. The highest BCUT2D eigenvalue weighted by molar-refractivity contribution is 7.91. The monoisotopic (exact) mass is 317 g/mol. The van der Waals surface area contributed by atoms with Gasteiger partial charge in [0.1, 0.15) is 9.22 Å². The van der Waals surface area contributed by atoms with Crippen molar-refractivity contribution in [3.05, 3.63) is 33.1 Å². The third kappa shape index (κ3) is 3.83. The number of hydrogen-bond donors (Lipinski definition) is 2. The van der Waals surface area contributed by atoms with Crippen molar-refractivity contribution in [2.24, 2.45) is 0 Å². The molecule has 2 heterocycles. The number of hydrogen-bond acceptors (Lipinski definition) is 6. The zero-order chi connectivity index (χ0) is 13.9. The molecule has 0 saturated carbocycles. The van der Waals surface area contributed by atoms with Gasteiger partial charge in [0.25, 0.3) is 0 Å². The van der Waals surface area contributed by atoms with E-state index in [4.69, 9.17) is 0 Å². The van der Waals surface area contributed by atoms with Crippen molar-refractivity contribution in [3.63, 3.8) is 0 Å². The Morgan fingerprint density at radius 2 is 2.05 bits per heavy atom. The van der Waals surface area contributed by atoms with Crippen LogP contribution in [0.15, 0.2) is 22.5 Å². The molecule has 2 aromatic heterocycles. The van der Waals surface area contributed by atoms with E-state index >= 15 is 0 Å². The first-order chi connectivity index (χ1) is 9.01. The smallest absolute Gasteiger partial charge is 0.250 e. The molecule has 0 bridgehead atoms. The summed E-state index contributed by atoms with van der Waals surface area (Å²) in [5.41, 5.74) is 0. The first kappa shape index (κ1) is 14.6. The van der Waals surface area contributed by atoms with Gasteiger partial charge in [0.15, 0.2) is 0 Å². The van der Waals surface area contributed by atoms with Gasteiger partial charge in [-0.05, 0) is 26.1 Å². The lowest BCUT2D eigenvalue weighted by Gasteiger charge is -2.02. The molecule has 8 heteroatoms. The largest absolute Gasteiger partial charge is 0.315 e. The van der Waals surface area contributed by atoms with Crippen molar-refractivity contribution in [2.75, 3.05) is 7.05 Å². The van der Waals surface area contributed by atoms with Gasteiger partial charge >= 0.3 is 0 Å². The fraction of sp³-hybridized carbons (Fsp3) is 0.364. The van der Waals surface area contributed by atoms with E-state index in [-0.39, 0.29) is 6.54 Å². The fourth-order valence-corrected chi connectivity index (χ4v) is 4.70. The van der Waals surface area contributed by atoms with Crippen molar-refractivity contribution < 1.29 is 8.42 Å². The molecule has 19 heavy (non-hydrogen) atoms. The van der Waals surface area contributed by atoms with Crippen LogP contribution in [0.2, 0.25) is 0 Å². The number of nitrogens with zero attached hydrogens (tertiary/aromatic N) is 1. The highest BCUT2D eigenvalue weighted by atomic mass is 32.2. The molecule has 2 aromatic rings. The van der Waals surface area contributed by atoms with Crippen molar-refractivity contribution in [3.8, 4) is 0 Å². The van der Waals surface area contributed by atoms with Gasteiger partial charge in [-0.2, -0.15) is 0 Å². The van der Waals surface area contributed by atoms with E-state index in [1.54, 1.807) is 12.3 Å². The summed E-state index contributed by atoms with van der Waals surface area (Å²) in [5.74, 6) is 0. The maximum Gasteiger partial charge on any atom is 0.250 e. The molecule has 0 unspecified atom stereocenters. The summed E-state index contributed by atoms with van der Waals surface area (Å²) < 4.78 is 27.1. The van der Waals surface area contributed by atoms with Crippen LogP contribution in [0.25, 0.3) is 0 Å². The van der Waals surface area contributed by atoms with Gasteiger partial charge in [0.05, 0.1) is 6.54 Å². The molecule has 2 rings (SSSR count). The van der Waals surface area contributed by atoms with Gasteiger partial charge in [-0.3, -0.25) is 0 Å². The quantitative estimate of drug-likeness (QED) is 0.851. The predicted molar refractivity (Wildman–Crippen MR) is 78.0 cm³/mol. The second kappa shape index (κ2) is 6.10. The highest BCUT2D eigenvalue weighted by Gasteiger charge is 2.17. The van der Waals surface area contributed by atoms with Crippen LogP contribution in [0.3, 0.4) is 0 Å². The lowest BCUT2D eigenvalue weighted by molar-refractivity contribution is 0.583. The maximum absolute atomic E-state index is 12.1. The van der Waals surface area contributed by atoms with Crippen molar-refractivity contribution >= 4 is 32.7 Å². The van der Waals surface area contributed by atoms with Crippen LogP contribution in [-0.2, 0) is 23.1 Å². The average molecular weight is 317 g/mol. The summed E-state index contributed by atoms with van der Waals surface area (Å²) in [6, 6.07) is 3.45. The number of rotatable bonds is 6. The van der Waals surface area contributed by atoms with Gasteiger partial charge in [-0.15, -0.1) is 22.7 Å². The number of thiazole rings is 1. The molecule has 0 amide bonds. The third-order valence-electron chi connectivity index (χ3n) is 2.34. The van der Waals surface area contributed by atoms with Crippen LogP contribution >= 0.6 is 22.7 Å². The van der Waals surface area contributed by atoms with Crippen LogP contribution in [0, 0.1) is 6.92 Å². The number of thiophene rings is 1. The van der Waals surface area contributed by atoms with Gasteiger partial charge in [-0.1, -0.05) is 0 Å². The van der Waals surface area contributed by atoms with Crippen LogP contribution in [0.5, 0.6) is 0 Å². The van der Waals surface area contributed by atoms with Crippen molar-refractivity contribution in [1.29, 1.82) is 0 Å². The second-order valence-corrected chi connectivity index (χ2v) is 8.42. The van der Waals surface area contributed by atoms with E-state index in [0.717, 1.165) is 14.8 Å². The number of aryl methyl sites for hydroxylation is 1. The molecule has 0 radical (unpaired) electrons. The highest BCUT2D eigenvalue weighted by Crippen LogP contribution is 2.21. The summed E-state index contributed by atoms with van der Waals surface area (Å²) in [7, 11) is -1.61. The molecule has 0 aliphatic rings. The normalized spacial score (nSPS) is 11.9. The van der Waals surface area contributed by atoms with Gasteiger partial charge in [0, 0.05) is 22.5 Å². The molecule has 0 saturated heterocycles. The summed E-state index contributed by atoms with van der Waals surface area (Å²) in [6.07, 6.45) is 1.74. The van der Waals surface area contributed by atoms with E-state index in [2.05, 4.69) is 15.0 Å². The standard InChI is InChI=1S/C11H15N3O2S3/c1-8-5-13-10(17-8)7-14-19(15,16)11-4-3-9(18-11)6-12-2/h3-5,12,14H,6-7H2,1-2H3. The Bertz CT molecular complexity index is 646. The molecule has 0 aliphatic heterocycles. The molecule has 0 spiro atoms. The zero-order valence-electron chi connectivity index (χ0n) is 10.6. The van der Waals surface area contributed by atoms with Crippen LogP contribution in [-0.4, -0.2) is 20.4 Å². The number of nitrogens with one attached hydrogen (secondary N) is 2. The van der Waals surface area contributed by atoms with Crippen LogP contribution < -0.4 is 10.0 Å². The van der Waals surface area contributed by atoms with Crippen LogP contribution in [0.1, 0.15) is 14.8 Å². The number of aromatic nitrogens is 1. The molecule has 104 valence electrons. The molecule has 0 fully saturated rings. The molecule has 0 atom stereocenters. The molecular weight excluding hydrogens is 302 g/mol. The summed E-state index contributed by atoms with van der Waals surface area (Å²) >= 11 is 2.77. The maximum atomic E-state index is 12.1. The Morgan fingerprint density at radius 3 is 2.68 bits per heavy atom. The van der Waals surface area contributed by atoms with E-state index < -0.39 is 10.0 Å². The Labute approximate surface area is 120 Å². The van der Waals surface area contributed by atoms with Crippen molar-refractivity contribution in [2.45, 2.75) is 24.2 Å². The Kier molecular flexibility index (Phi) is 4.69. The third-order valence-corrected chi connectivity index (χ3v) is 6.23. The summed E-state index contributed by atoms with van der Waals surface area (Å²) in [4.78, 5) is 6.20. The summed E-state index contributed by atoms with van der Waals surface area (Å²) in [6.45, 7) is 2.85. The minimum absolute atomic E-state index is 0.236. The topological polar surface area (TPSA) is 71.1 Å². The summed E-state index contributed by atoms with van der Waals surface area (Å²) in [5, 5.41) is 3.77. The first-order valence-electron chi connectivity index (χ1n) is 5.65. The van der Waals surface area contributed by atoms with Gasteiger partial charge < -0.3 is 5.32 Å². The molecule has 5 nitrogen and oxygen atoms in total. The average Bonchev–Trinajstić information content (AvgIpc) is 2.97. The Hall–Kier alpha value is -0.800. The van der Waals surface area contributed by atoms with E-state index in [0.29, 0.717) is 10.8 Å². The number of sulfonamides is 1. The Morgan fingerprint density at radius 1 is 1.26 bits per heavy atom. The molecule has 2 N–H and O–H groups in total. The van der Waals surface area contributed by atoms with Crippen LogP contribution in [0.4, 0.5) is 0 Å².